The summed E-state index contributed by atoms with van der Waals surface area (Å²) >= 11 is 0. The molecular formula is C59H82FN5O10. The van der Waals surface area contributed by atoms with Gasteiger partial charge in [0.2, 0.25) is 23.6 Å². The number of ether oxygens (including phenoxy) is 4. The molecule has 410 valence electrons. The van der Waals surface area contributed by atoms with Gasteiger partial charge in [0, 0.05) is 46.7 Å². The van der Waals surface area contributed by atoms with Crippen LogP contribution in [0.3, 0.4) is 0 Å². The highest BCUT2D eigenvalue weighted by molar-refractivity contribution is 5.92. The van der Waals surface area contributed by atoms with E-state index in [0.29, 0.717) is 12.8 Å². The van der Waals surface area contributed by atoms with E-state index in [-0.39, 0.29) is 72.5 Å². The summed E-state index contributed by atoms with van der Waals surface area (Å²) in [6, 6.07) is 17.9. The van der Waals surface area contributed by atoms with Crippen LogP contribution >= 0.6 is 0 Å². The Morgan fingerprint density at radius 2 is 1.37 bits per heavy atom. The van der Waals surface area contributed by atoms with Crippen molar-refractivity contribution in [3.05, 3.63) is 95.3 Å². The fourth-order valence-electron chi connectivity index (χ4n) is 11.5. The number of likely N-dealkylation sites (N-methyl/N-ethyl adjacent to an activating group) is 2. The maximum Gasteiger partial charge on any atom is 0.410 e. The van der Waals surface area contributed by atoms with Gasteiger partial charge in [-0.25, -0.2) is 14.0 Å². The number of hydrogen-bond donors (Lipinski definition) is 2. The molecule has 0 aromatic heterocycles. The molecule has 3 aliphatic rings. The minimum absolute atomic E-state index is 0.0640. The lowest BCUT2D eigenvalue weighted by Gasteiger charge is -2.41. The SMILES string of the molecule is CCC(C)C(C(CC(=O)N1[C@H](C(OC)C(C)C(=O)NC(Cc2ccccc2F)C(=O)OC(C)(C)C)C[C@@H]2C[C@@H]21)OC)N(C)C(=O)C(NC(=O)C(C(C)C)N(C)C(=O)OCC1c2ccccc2-c2ccccc21)C(C)C. The molecular weight excluding hydrogens is 958 g/mol. The second kappa shape index (κ2) is 24.9. The van der Waals surface area contributed by atoms with Crippen molar-refractivity contribution in [2.24, 2.45) is 29.6 Å². The quantitative estimate of drug-likeness (QED) is 0.0883. The van der Waals surface area contributed by atoms with Crippen LogP contribution in [0.25, 0.3) is 11.1 Å². The van der Waals surface area contributed by atoms with Crippen molar-refractivity contribution >= 4 is 35.7 Å². The van der Waals surface area contributed by atoms with Crippen LogP contribution in [-0.4, -0.2) is 139 Å². The molecule has 2 N–H and O–H groups in total. The van der Waals surface area contributed by atoms with E-state index < -0.39 is 83.6 Å². The zero-order chi connectivity index (χ0) is 55.2. The van der Waals surface area contributed by atoms with Gasteiger partial charge in [-0.15, -0.1) is 0 Å². The number of hydrogen-bond acceptors (Lipinski definition) is 10. The van der Waals surface area contributed by atoms with Crippen molar-refractivity contribution < 1.29 is 52.1 Å². The van der Waals surface area contributed by atoms with Crippen molar-refractivity contribution in [1.82, 2.24) is 25.3 Å². The number of likely N-dealkylation sites (tertiary alicyclic amines) is 1. The van der Waals surface area contributed by atoms with Gasteiger partial charge in [-0.1, -0.05) is 122 Å². The highest BCUT2D eigenvalue weighted by Gasteiger charge is 2.57. The molecule has 6 rings (SSSR count). The van der Waals surface area contributed by atoms with Crippen molar-refractivity contribution in [2.75, 3.05) is 34.9 Å². The summed E-state index contributed by atoms with van der Waals surface area (Å²) in [5.41, 5.74) is 3.72. The van der Waals surface area contributed by atoms with Gasteiger partial charge in [-0.05, 0) is 91.2 Å². The van der Waals surface area contributed by atoms with Gasteiger partial charge in [0.1, 0.15) is 36.2 Å². The molecule has 3 aromatic carbocycles. The number of carbonyl (C=O) groups excluding carboxylic acids is 6. The molecule has 0 bridgehead atoms. The Hall–Kier alpha value is -5.87. The zero-order valence-electron chi connectivity index (χ0n) is 46.6. The van der Waals surface area contributed by atoms with E-state index in [1.165, 1.54) is 32.2 Å². The van der Waals surface area contributed by atoms with E-state index in [4.69, 9.17) is 18.9 Å². The normalized spacial score (nSPS) is 20.1. The Kier molecular flexibility index (Phi) is 19.4. The van der Waals surface area contributed by atoms with Crippen LogP contribution in [0.15, 0.2) is 72.8 Å². The van der Waals surface area contributed by atoms with Crippen LogP contribution in [0.1, 0.15) is 118 Å². The molecule has 1 heterocycles. The van der Waals surface area contributed by atoms with Crippen LogP contribution in [0.2, 0.25) is 0 Å². The molecule has 8 unspecified atom stereocenters. The third-order valence-electron chi connectivity index (χ3n) is 15.6. The summed E-state index contributed by atoms with van der Waals surface area (Å²) in [7, 11) is 6.23. The number of methoxy groups -OCH3 is 2. The van der Waals surface area contributed by atoms with E-state index in [2.05, 4.69) is 22.8 Å². The van der Waals surface area contributed by atoms with Crippen LogP contribution in [0.4, 0.5) is 9.18 Å². The number of carbonyl (C=O) groups is 6. The molecule has 0 radical (unpaired) electrons. The van der Waals surface area contributed by atoms with Crippen molar-refractivity contribution in [1.29, 1.82) is 0 Å². The molecule has 0 spiro atoms. The first-order chi connectivity index (χ1) is 35.4. The van der Waals surface area contributed by atoms with Crippen LogP contribution in [-0.2, 0) is 49.3 Å². The molecule has 3 aromatic rings. The van der Waals surface area contributed by atoms with Gasteiger partial charge in [-0.3, -0.25) is 24.1 Å². The first-order valence-electron chi connectivity index (χ1n) is 26.7. The highest BCUT2D eigenvalue weighted by Crippen LogP contribution is 2.50. The summed E-state index contributed by atoms with van der Waals surface area (Å²) in [5.74, 6) is -4.46. The summed E-state index contributed by atoms with van der Waals surface area (Å²) in [6.45, 7) is 18.3. The molecule has 75 heavy (non-hydrogen) atoms. The molecule has 1 aliphatic heterocycles. The van der Waals surface area contributed by atoms with E-state index in [1.54, 1.807) is 57.8 Å². The highest BCUT2D eigenvalue weighted by atomic mass is 19.1. The van der Waals surface area contributed by atoms with Gasteiger partial charge in [0.15, 0.2) is 0 Å². The molecule has 15 nitrogen and oxygen atoms in total. The lowest BCUT2D eigenvalue weighted by molar-refractivity contribution is -0.159. The smallest absolute Gasteiger partial charge is 0.410 e. The Bertz CT molecular complexity index is 2470. The summed E-state index contributed by atoms with van der Waals surface area (Å²) in [6.07, 6.45) is -0.348. The minimum atomic E-state index is -1.20. The fraction of sp³-hybridized carbons (Fsp3) is 0.593. The van der Waals surface area contributed by atoms with Gasteiger partial charge in [-0.2, -0.15) is 0 Å². The number of amides is 5. The minimum Gasteiger partial charge on any atom is -0.458 e. The third-order valence-corrected chi connectivity index (χ3v) is 15.6. The summed E-state index contributed by atoms with van der Waals surface area (Å²) in [4.78, 5) is 90.1. The van der Waals surface area contributed by atoms with E-state index in [1.807, 2.05) is 82.8 Å². The molecule has 2 fully saturated rings. The van der Waals surface area contributed by atoms with Gasteiger partial charge >= 0.3 is 12.1 Å². The number of halogens is 1. The van der Waals surface area contributed by atoms with Crippen LogP contribution in [0, 0.1) is 35.4 Å². The zero-order valence-corrected chi connectivity index (χ0v) is 46.6. The predicted molar refractivity (Wildman–Crippen MR) is 285 cm³/mol. The van der Waals surface area contributed by atoms with Gasteiger partial charge < -0.3 is 39.4 Å². The monoisotopic (exact) mass is 1040 g/mol. The summed E-state index contributed by atoms with van der Waals surface area (Å²) < 4.78 is 38.6. The Morgan fingerprint density at radius 1 is 0.773 bits per heavy atom. The molecule has 1 saturated heterocycles. The fourth-order valence-corrected chi connectivity index (χ4v) is 11.5. The second-order valence-corrected chi connectivity index (χ2v) is 22.7. The number of benzene rings is 3. The van der Waals surface area contributed by atoms with Crippen LogP contribution < -0.4 is 10.6 Å². The maximum absolute atomic E-state index is 14.8. The third kappa shape index (κ3) is 13.4. The topological polar surface area (TPSA) is 173 Å². The Labute approximate surface area is 443 Å². The van der Waals surface area contributed by atoms with Gasteiger partial charge in [0.05, 0.1) is 36.6 Å². The van der Waals surface area contributed by atoms with E-state index in [0.717, 1.165) is 28.7 Å². The number of piperidine rings is 1. The number of fused-ring (bicyclic) bond motifs is 4. The molecule has 16 heteroatoms. The number of nitrogens with zero attached hydrogens (tertiary/aromatic N) is 3. The largest absolute Gasteiger partial charge is 0.458 e. The Balaban J connectivity index is 1.14. The van der Waals surface area contributed by atoms with Crippen molar-refractivity contribution in [3.8, 4) is 11.1 Å². The lowest BCUT2D eigenvalue weighted by Crippen LogP contribution is -2.60. The standard InChI is InChI=1S/C59H82FN5O10/c1-15-35(6)52(63(11)56(69)50(33(2)3)62-55(68)51(34(4)5)64(12)58(71)74-32-43-41-25-19-17-23-39(41)40-24-18-20-26-42(40)43)48(72-13)31-49(66)65-46-29-38(46)30-47(65)53(73-14)36(7)54(67)61-45(57(70)75-59(8,9)10)28-37-22-16-21-27-44(37)60/h16-27,33-36,38,43,45-48,50-53H,15,28-32H2,1-14H3,(H,61,67)(H,62,68)/t35?,36?,38-,45?,46-,47-,48?,50?,51?,52?,53?/m0/s1. The predicted octanol–water partition coefficient (Wildman–Crippen LogP) is 8.16. The van der Waals surface area contributed by atoms with Crippen molar-refractivity contribution in [3.63, 3.8) is 0 Å². The summed E-state index contributed by atoms with van der Waals surface area (Å²) in [5, 5.41) is 5.82. The lowest BCUT2D eigenvalue weighted by atomic mass is 9.89. The number of esters is 1. The van der Waals surface area contributed by atoms with Crippen LogP contribution in [0.5, 0.6) is 0 Å². The molecule has 5 amide bonds. The van der Waals surface area contributed by atoms with E-state index in [9.17, 15) is 33.2 Å². The second-order valence-electron chi connectivity index (χ2n) is 22.7. The van der Waals surface area contributed by atoms with Gasteiger partial charge in [0.25, 0.3) is 0 Å². The van der Waals surface area contributed by atoms with Crippen molar-refractivity contribution in [2.45, 2.75) is 161 Å². The maximum atomic E-state index is 14.8. The molecule has 1 saturated carbocycles. The first-order valence-corrected chi connectivity index (χ1v) is 26.7. The Morgan fingerprint density at radius 3 is 1.92 bits per heavy atom. The molecule has 2 aliphatic carbocycles. The average Bonchev–Trinajstić information content (AvgIpc) is 3.91. The average molecular weight is 1040 g/mol. The molecule has 11 atom stereocenters. The number of rotatable bonds is 23. The number of nitrogens with one attached hydrogen (secondary N) is 2. The first kappa shape index (κ1) is 58.4. The van der Waals surface area contributed by atoms with E-state index >= 15 is 0 Å².